The highest BCUT2D eigenvalue weighted by molar-refractivity contribution is 5.76. The maximum Gasteiger partial charge on any atom is 0.227 e. The van der Waals surface area contributed by atoms with Gasteiger partial charge in [-0.05, 0) is 25.8 Å². The molecule has 1 amide bonds. The molecule has 1 fully saturated rings. The van der Waals surface area contributed by atoms with Crippen molar-refractivity contribution in [2.24, 2.45) is 0 Å². The zero-order chi connectivity index (χ0) is 16.1. The highest BCUT2D eigenvalue weighted by Crippen LogP contribution is 2.17. The molecule has 6 nitrogen and oxygen atoms in total. The first-order valence-corrected chi connectivity index (χ1v) is 7.98. The second-order valence-electron chi connectivity index (χ2n) is 5.82. The molecular formula is C17H21N3O3. The number of nitrogens with one attached hydrogen (secondary N) is 1. The third-order valence-corrected chi connectivity index (χ3v) is 3.86. The van der Waals surface area contributed by atoms with E-state index in [-0.39, 0.29) is 12.0 Å². The number of rotatable bonds is 6. The van der Waals surface area contributed by atoms with Gasteiger partial charge in [-0.1, -0.05) is 28.9 Å². The second kappa shape index (κ2) is 7.37. The summed E-state index contributed by atoms with van der Waals surface area (Å²) in [4.78, 5) is 16.2. The molecule has 0 radical (unpaired) electrons. The number of carbonyl (C=O) groups excluding carboxylic acids is 1. The Morgan fingerprint density at radius 3 is 3.13 bits per heavy atom. The molecule has 1 aromatic carbocycles. The van der Waals surface area contributed by atoms with Crippen LogP contribution in [0.25, 0.3) is 11.4 Å². The summed E-state index contributed by atoms with van der Waals surface area (Å²) >= 11 is 0. The number of benzene rings is 1. The zero-order valence-corrected chi connectivity index (χ0v) is 13.2. The average Bonchev–Trinajstić information content (AvgIpc) is 3.22. The van der Waals surface area contributed by atoms with Crippen LogP contribution in [0.4, 0.5) is 0 Å². The Morgan fingerprint density at radius 2 is 2.35 bits per heavy atom. The summed E-state index contributed by atoms with van der Waals surface area (Å²) in [5.41, 5.74) is 2.06. The minimum Gasteiger partial charge on any atom is -0.376 e. The second-order valence-corrected chi connectivity index (χ2v) is 5.82. The van der Waals surface area contributed by atoms with E-state index < -0.39 is 0 Å². The Hall–Kier alpha value is -2.21. The van der Waals surface area contributed by atoms with Crippen molar-refractivity contribution in [3.63, 3.8) is 0 Å². The summed E-state index contributed by atoms with van der Waals surface area (Å²) in [7, 11) is 0. The molecule has 0 spiro atoms. The van der Waals surface area contributed by atoms with Gasteiger partial charge in [-0.3, -0.25) is 4.79 Å². The molecule has 6 heteroatoms. The number of amides is 1. The minimum atomic E-state index is -0.0178. The van der Waals surface area contributed by atoms with Crippen molar-refractivity contribution in [2.75, 3.05) is 13.2 Å². The van der Waals surface area contributed by atoms with E-state index in [9.17, 15) is 4.79 Å². The van der Waals surface area contributed by atoms with Crippen LogP contribution in [0, 0.1) is 6.92 Å². The van der Waals surface area contributed by atoms with Crippen LogP contribution in [0.15, 0.2) is 28.8 Å². The number of nitrogens with zero attached hydrogens (tertiary/aromatic N) is 2. The average molecular weight is 315 g/mol. The van der Waals surface area contributed by atoms with Gasteiger partial charge in [-0.2, -0.15) is 4.98 Å². The van der Waals surface area contributed by atoms with E-state index in [0.29, 0.717) is 31.1 Å². The molecule has 0 aliphatic carbocycles. The SMILES string of the molecule is Cc1cccc(-c2noc(CCC(=O)NC[C@@H]3CCCO3)n2)c1. The van der Waals surface area contributed by atoms with Crippen molar-refractivity contribution in [2.45, 2.75) is 38.7 Å². The van der Waals surface area contributed by atoms with Crippen molar-refractivity contribution in [3.05, 3.63) is 35.7 Å². The fraction of sp³-hybridized carbons (Fsp3) is 0.471. The Kier molecular flexibility index (Phi) is 5.02. The molecule has 1 aromatic heterocycles. The number of aromatic nitrogens is 2. The summed E-state index contributed by atoms with van der Waals surface area (Å²) in [6.07, 6.45) is 3.03. The predicted molar refractivity (Wildman–Crippen MR) is 84.8 cm³/mol. The van der Waals surface area contributed by atoms with Gasteiger partial charge in [0, 0.05) is 31.6 Å². The number of hydrogen-bond acceptors (Lipinski definition) is 5. The summed E-state index contributed by atoms with van der Waals surface area (Å²) in [6.45, 7) is 3.39. The molecule has 0 bridgehead atoms. The first-order valence-electron chi connectivity index (χ1n) is 7.98. The van der Waals surface area contributed by atoms with E-state index in [0.717, 1.165) is 30.6 Å². The van der Waals surface area contributed by atoms with Crippen LogP contribution < -0.4 is 5.32 Å². The van der Waals surface area contributed by atoms with Crippen molar-refractivity contribution in [1.82, 2.24) is 15.5 Å². The molecule has 1 atom stereocenters. The quantitative estimate of drug-likeness (QED) is 0.885. The Balaban J connectivity index is 1.48. The monoisotopic (exact) mass is 315 g/mol. The van der Waals surface area contributed by atoms with Crippen LogP contribution in [0.2, 0.25) is 0 Å². The van der Waals surface area contributed by atoms with Gasteiger partial charge in [0.2, 0.25) is 17.6 Å². The standard InChI is InChI=1S/C17H21N3O3/c1-12-4-2-5-13(10-12)17-19-16(23-20-17)8-7-15(21)18-11-14-6-3-9-22-14/h2,4-5,10,14H,3,6-9,11H2,1H3,(H,18,21)/t14-/m0/s1. The third-order valence-electron chi connectivity index (χ3n) is 3.86. The molecule has 122 valence electrons. The maximum atomic E-state index is 11.8. The van der Waals surface area contributed by atoms with Crippen LogP contribution in [-0.4, -0.2) is 35.3 Å². The number of carbonyl (C=O) groups is 1. The molecule has 2 heterocycles. The predicted octanol–water partition coefficient (Wildman–Crippen LogP) is 2.27. The number of ether oxygens (including phenoxy) is 1. The molecule has 1 N–H and O–H groups in total. The summed E-state index contributed by atoms with van der Waals surface area (Å²) in [5, 5.41) is 6.86. The molecule has 0 saturated carbocycles. The molecule has 1 aliphatic heterocycles. The highest BCUT2D eigenvalue weighted by Gasteiger charge is 2.16. The highest BCUT2D eigenvalue weighted by atomic mass is 16.5. The van der Waals surface area contributed by atoms with Crippen molar-refractivity contribution in [1.29, 1.82) is 0 Å². The molecule has 23 heavy (non-hydrogen) atoms. The molecule has 1 saturated heterocycles. The van der Waals surface area contributed by atoms with Gasteiger partial charge >= 0.3 is 0 Å². The summed E-state index contributed by atoms with van der Waals surface area (Å²) in [5.74, 6) is 1.02. The van der Waals surface area contributed by atoms with E-state index >= 15 is 0 Å². The van der Waals surface area contributed by atoms with Gasteiger partial charge < -0.3 is 14.6 Å². The normalized spacial score (nSPS) is 17.3. The Bertz CT molecular complexity index is 663. The lowest BCUT2D eigenvalue weighted by atomic mass is 10.1. The third kappa shape index (κ3) is 4.39. The van der Waals surface area contributed by atoms with E-state index in [1.807, 2.05) is 31.2 Å². The summed E-state index contributed by atoms with van der Waals surface area (Å²) in [6, 6.07) is 7.92. The topological polar surface area (TPSA) is 77.2 Å². The molecule has 0 unspecified atom stereocenters. The van der Waals surface area contributed by atoms with Gasteiger partial charge in [-0.15, -0.1) is 0 Å². The van der Waals surface area contributed by atoms with Crippen LogP contribution in [0.5, 0.6) is 0 Å². The lowest BCUT2D eigenvalue weighted by molar-refractivity contribution is -0.121. The molecule has 2 aromatic rings. The van der Waals surface area contributed by atoms with Crippen LogP contribution in [0.3, 0.4) is 0 Å². The van der Waals surface area contributed by atoms with E-state index in [4.69, 9.17) is 9.26 Å². The van der Waals surface area contributed by atoms with Crippen molar-refractivity contribution < 1.29 is 14.1 Å². The lowest BCUT2D eigenvalue weighted by Gasteiger charge is -2.09. The zero-order valence-electron chi connectivity index (χ0n) is 13.2. The van der Waals surface area contributed by atoms with Crippen LogP contribution in [-0.2, 0) is 16.0 Å². The lowest BCUT2D eigenvalue weighted by Crippen LogP contribution is -2.31. The number of aryl methyl sites for hydroxylation is 2. The van der Waals surface area contributed by atoms with Gasteiger partial charge in [-0.25, -0.2) is 0 Å². The Morgan fingerprint density at radius 1 is 1.43 bits per heavy atom. The van der Waals surface area contributed by atoms with Crippen molar-refractivity contribution in [3.8, 4) is 11.4 Å². The van der Waals surface area contributed by atoms with Gasteiger partial charge in [0.1, 0.15) is 0 Å². The van der Waals surface area contributed by atoms with Gasteiger partial charge in [0.25, 0.3) is 0 Å². The van der Waals surface area contributed by atoms with E-state index in [2.05, 4.69) is 15.5 Å². The molecular weight excluding hydrogens is 294 g/mol. The maximum absolute atomic E-state index is 11.8. The first-order chi connectivity index (χ1) is 11.2. The summed E-state index contributed by atoms with van der Waals surface area (Å²) < 4.78 is 10.7. The molecule has 3 rings (SSSR count). The fourth-order valence-corrected chi connectivity index (χ4v) is 2.60. The number of hydrogen-bond donors (Lipinski definition) is 1. The van der Waals surface area contributed by atoms with Crippen LogP contribution in [0.1, 0.15) is 30.7 Å². The smallest absolute Gasteiger partial charge is 0.227 e. The minimum absolute atomic E-state index is 0.0178. The largest absolute Gasteiger partial charge is 0.376 e. The van der Waals surface area contributed by atoms with Gasteiger partial charge in [0.15, 0.2) is 0 Å². The van der Waals surface area contributed by atoms with E-state index in [1.165, 1.54) is 0 Å². The first kappa shape index (κ1) is 15.7. The van der Waals surface area contributed by atoms with E-state index in [1.54, 1.807) is 0 Å². The van der Waals surface area contributed by atoms with Crippen molar-refractivity contribution >= 4 is 5.91 Å². The fourth-order valence-electron chi connectivity index (χ4n) is 2.60. The Labute approximate surface area is 135 Å². The van der Waals surface area contributed by atoms with Crippen LogP contribution >= 0.6 is 0 Å². The van der Waals surface area contributed by atoms with Gasteiger partial charge in [0.05, 0.1) is 6.10 Å². The molecule has 1 aliphatic rings.